The molecule has 0 radical (unpaired) electrons. The van der Waals surface area contributed by atoms with E-state index < -0.39 is 12.4 Å². The molecule has 0 aliphatic carbocycles. The molecule has 3 aliphatic rings. The molecule has 7 heteroatoms. The van der Waals surface area contributed by atoms with Crippen molar-refractivity contribution in [3.05, 3.63) is 12.8 Å². The zero-order valence-corrected chi connectivity index (χ0v) is 19.8. The summed E-state index contributed by atoms with van der Waals surface area (Å²) < 4.78 is 24.3. The standard InChI is InChI=1S/C24H44N2O5/c1-5-26-17-29-22-16-28-14-10-9-12-19(11-7-6-8-13-20(22)26)31-24-23(27)21(25(3)4)15-18(2)30-24/h5,18-24,27H,1,6-17H2,2-4H3/t18-,19?,20?,21+,22?,23-,24?/m1/s1. The van der Waals surface area contributed by atoms with Crippen molar-refractivity contribution in [2.45, 2.75) is 108 Å². The van der Waals surface area contributed by atoms with E-state index in [-0.39, 0.29) is 24.4 Å². The Bertz CT molecular complexity index is 534. The van der Waals surface area contributed by atoms with E-state index in [9.17, 15) is 5.11 Å². The third-order valence-electron chi connectivity index (χ3n) is 7.00. The second-order valence-electron chi connectivity index (χ2n) is 9.64. The topological polar surface area (TPSA) is 63.6 Å². The molecular formula is C24H44N2O5. The highest BCUT2D eigenvalue weighted by atomic mass is 16.7. The summed E-state index contributed by atoms with van der Waals surface area (Å²) in [5.41, 5.74) is 0. The lowest BCUT2D eigenvalue weighted by Gasteiger charge is -2.42. The number of fused-ring (bicyclic) bond motifs is 1. The van der Waals surface area contributed by atoms with E-state index in [0.717, 1.165) is 58.0 Å². The Balaban J connectivity index is 1.53. The number of hydrogen-bond donors (Lipinski definition) is 1. The summed E-state index contributed by atoms with van der Waals surface area (Å²) in [4.78, 5) is 4.29. The van der Waals surface area contributed by atoms with Gasteiger partial charge in [-0.1, -0.05) is 25.8 Å². The Labute approximate surface area is 188 Å². The maximum absolute atomic E-state index is 10.8. The minimum atomic E-state index is -0.619. The van der Waals surface area contributed by atoms with Crippen LogP contribution in [0.15, 0.2) is 12.8 Å². The Morgan fingerprint density at radius 3 is 2.58 bits per heavy atom. The van der Waals surface area contributed by atoms with E-state index in [1.807, 2.05) is 20.3 Å². The van der Waals surface area contributed by atoms with Gasteiger partial charge in [-0.3, -0.25) is 0 Å². The van der Waals surface area contributed by atoms with Gasteiger partial charge in [0.25, 0.3) is 0 Å². The average molecular weight is 441 g/mol. The molecule has 0 spiro atoms. The van der Waals surface area contributed by atoms with Gasteiger partial charge in [0.2, 0.25) is 0 Å². The Hall–Kier alpha value is -0.700. The fourth-order valence-corrected chi connectivity index (χ4v) is 5.10. The molecule has 3 heterocycles. The molecule has 0 bridgehead atoms. The van der Waals surface area contributed by atoms with Gasteiger partial charge in [0.05, 0.1) is 24.9 Å². The average Bonchev–Trinajstić information content (AvgIpc) is 3.13. The minimum Gasteiger partial charge on any atom is -0.386 e. The fraction of sp³-hybridized carbons (Fsp3) is 0.917. The van der Waals surface area contributed by atoms with Crippen molar-refractivity contribution < 1.29 is 24.1 Å². The van der Waals surface area contributed by atoms with Crippen molar-refractivity contribution in [2.24, 2.45) is 0 Å². The highest BCUT2D eigenvalue weighted by Gasteiger charge is 2.39. The first kappa shape index (κ1) is 24.9. The van der Waals surface area contributed by atoms with Crippen molar-refractivity contribution in [3.63, 3.8) is 0 Å². The van der Waals surface area contributed by atoms with Crippen LogP contribution in [0.2, 0.25) is 0 Å². The Kier molecular flexibility index (Phi) is 10.1. The number of nitrogens with zero attached hydrogens (tertiary/aromatic N) is 2. The maximum atomic E-state index is 10.8. The number of likely N-dealkylation sites (N-methyl/N-ethyl adjacent to an activating group) is 1. The minimum absolute atomic E-state index is 0.0649. The summed E-state index contributed by atoms with van der Waals surface area (Å²) in [6, 6.07) is 0.428. The molecule has 3 rings (SSSR count). The van der Waals surface area contributed by atoms with Crippen molar-refractivity contribution in [3.8, 4) is 0 Å². The normalized spacial score (nSPS) is 39.1. The summed E-state index contributed by atoms with van der Waals surface area (Å²) >= 11 is 0. The lowest BCUT2D eigenvalue weighted by atomic mass is 9.98. The second kappa shape index (κ2) is 12.5. The van der Waals surface area contributed by atoms with Gasteiger partial charge in [-0.05, 0) is 65.7 Å². The van der Waals surface area contributed by atoms with Gasteiger partial charge < -0.3 is 33.9 Å². The van der Waals surface area contributed by atoms with Crippen LogP contribution in [0, 0.1) is 0 Å². The van der Waals surface area contributed by atoms with E-state index in [0.29, 0.717) is 19.4 Å². The van der Waals surface area contributed by atoms with Gasteiger partial charge in [-0.15, -0.1) is 0 Å². The highest BCUT2D eigenvalue weighted by Crippen LogP contribution is 2.28. The molecule has 7 atom stereocenters. The number of ether oxygens (including phenoxy) is 4. The first-order valence-electron chi connectivity index (χ1n) is 12.2. The molecular weight excluding hydrogens is 396 g/mol. The van der Waals surface area contributed by atoms with Crippen LogP contribution in [-0.2, 0) is 18.9 Å². The molecule has 0 amide bonds. The van der Waals surface area contributed by atoms with E-state index in [1.165, 1.54) is 6.42 Å². The summed E-state index contributed by atoms with van der Waals surface area (Å²) in [7, 11) is 4.02. The Morgan fingerprint density at radius 2 is 1.84 bits per heavy atom. The zero-order valence-electron chi connectivity index (χ0n) is 19.8. The van der Waals surface area contributed by atoms with Crippen molar-refractivity contribution in [2.75, 3.05) is 34.0 Å². The predicted octanol–water partition coefficient (Wildman–Crippen LogP) is 3.12. The van der Waals surface area contributed by atoms with Gasteiger partial charge >= 0.3 is 0 Å². The highest BCUT2D eigenvalue weighted by molar-refractivity contribution is 4.89. The van der Waals surface area contributed by atoms with Crippen molar-refractivity contribution in [1.82, 2.24) is 9.80 Å². The van der Waals surface area contributed by atoms with E-state index in [1.54, 1.807) is 0 Å². The molecule has 3 fully saturated rings. The summed E-state index contributed by atoms with van der Waals surface area (Å²) in [6.45, 7) is 8.02. The number of aliphatic hydroxyl groups excluding tert-OH is 1. The van der Waals surface area contributed by atoms with Gasteiger partial charge in [0.1, 0.15) is 18.9 Å². The summed E-state index contributed by atoms with van der Waals surface area (Å²) in [5.74, 6) is 0. The molecule has 3 aliphatic heterocycles. The van der Waals surface area contributed by atoms with Crippen LogP contribution in [0.4, 0.5) is 0 Å². The monoisotopic (exact) mass is 440 g/mol. The fourth-order valence-electron chi connectivity index (χ4n) is 5.10. The number of rotatable bonds is 4. The van der Waals surface area contributed by atoms with Crippen LogP contribution in [0.5, 0.6) is 0 Å². The third-order valence-corrected chi connectivity index (χ3v) is 7.00. The van der Waals surface area contributed by atoms with Gasteiger partial charge in [-0.2, -0.15) is 0 Å². The van der Waals surface area contributed by atoms with Gasteiger partial charge in [-0.25, -0.2) is 0 Å². The van der Waals surface area contributed by atoms with E-state index in [2.05, 4.69) is 23.3 Å². The molecule has 0 aromatic rings. The number of hydrogen-bond acceptors (Lipinski definition) is 7. The molecule has 31 heavy (non-hydrogen) atoms. The predicted molar refractivity (Wildman–Crippen MR) is 121 cm³/mol. The van der Waals surface area contributed by atoms with Crippen molar-refractivity contribution in [1.29, 1.82) is 0 Å². The number of aliphatic hydroxyl groups is 1. The SMILES string of the molecule is C=CN1COC2COCCCCC(OC3O[C@H](C)C[C@H](N(C)C)[C@H]3O)CCCCCC21. The molecule has 0 aromatic carbocycles. The molecule has 180 valence electrons. The maximum Gasteiger partial charge on any atom is 0.185 e. The van der Waals surface area contributed by atoms with E-state index >= 15 is 0 Å². The summed E-state index contributed by atoms with van der Waals surface area (Å²) in [6.07, 6.45) is 10.5. The zero-order chi connectivity index (χ0) is 22.2. The smallest absolute Gasteiger partial charge is 0.185 e. The van der Waals surface area contributed by atoms with Crippen molar-refractivity contribution >= 4 is 0 Å². The molecule has 0 aromatic heterocycles. The lowest BCUT2D eigenvalue weighted by molar-refractivity contribution is -0.269. The molecule has 4 unspecified atom stereocenters. The van der Waals surface area contributed by atoms with E-state index in [4.69, 9.17) is 18.9 Å². The van der Waals surface area contributed by atoms with Gasteiger partial charge in [0, 0.05) is 12.6 Å². The summed E-state index contributed by atoms with van der Waals surface area (Å²) in [5, 5.41) is 10.8. The van der Waals surface area contributed by atoms with Crippen LogP contribution in [-0.4, -0.2) is 91.7 Å². The molecule has 1 N–H and O–H groups in total. The largest absolute Gasteiger partial charge is 0.386 e. The van der Waals surface area contributed by atoms with Gasteiger partial charge in [0.15, 0.2) is 6.29 Å². The first-order chi connectivity index (χ1) is 15.0. The molecule has 0 saturated carbocycles. The third kappa shape index (κ3) is 7.14. The molecule has 7 nitrogen and oxygen atoms in total. The van der Waals surface area contributed by atoms with Crippen LogP contribution in [0.1, 0.15) is 64.7 Å². The molecule has 3 saturated heterocycles. The second-order valence-corrected chi connectivity index (χ2v) is 9.64. The Morgan fingerprint density at radius 1 is 1.10 bits per heavy atom. The lowest BCUT2D eigenvalue weighted by Crippen LogP contribution is -2.54. The van der Waals surface area contributed by atoms with Crippen LogP contribution >= 0.6 is 0 Å². The van der Waals surface area contributed by atoms with Crippen LogP contribution in [0.25, 0.3) is 0 Å². The quantitative estimate of drug-likeness (QED) is 0.721. The van der Waals surface area contributed by atoms with Crippen LogP contribution in [0.3, 0.4) is 0 Å². The van der Waals surface area contributed by atoms with Crippen LogP contribution < -0.4 is 0 Å². The first-order valence-corrected chi connectivity index (χ1v) is 12.2.